The minimum absolute atomic E-state index is 0.434. The van der Waals surface area contributed by atoms with Gasteiger partial charge in [-0.1, -0.05) is 13.8 Å². The minimum Gasteiger partial charge on any atom is -0.308 e. The highest BCUT2D eigenvalue weighted by Crippen LogP contribution is 2.14. The van der Waals surface area contributed by atoms with Crippen LogP contribution in [0.2, 0.25) is 0 Å². The fourth-order valence-corrected chi connectivity index (χ4v) is 1.46. The van der Waals surface area contributed by atoms with Crippen molar-refractivity contribution in [2.24, 2.45) is 0 Å². The first kappa shape index (κ1) is 11.7. The molecule has 0 amide bonds. The van der Waals surface area contributed by atoms with Crippen molar-refractivity contribution in [1.29, 1.82) is 0 Å². The summed E-state index contributed by atoms with van der Waals surface area (Å²) in [6, 6.07) is 6.24. The summed E-state index contributed by atoms with van der Waals surface area (Å²) in [5, 5.41) is 3.30. The fraction of sp³-hybridized carbons (Fsp3) is 0.308. The van der Waals surface area contributed by atoms with E-state index in [1.807, 2.05) is 18.2 Å². The summed E-state index contributed by atoms with van der Waals surface area (Å²) in [6.45, 7) is 4.90. The summed E-state index contributed by atoms with van der Waals surface area (Å²) in [7, 11) is 0. The Morgan fingerprint density at radius 3 is 2.59 bits per heavy atom. The molecule has 2 heterocycles. The van der Waals surface area contributed by atoms with Crippen LogP contribution in [0.25, 0.3) is 11.3 Å². The summed E-state index contributed by atoms with van der Waals surface area (Å²) in [5.41, 5.74) is 2.00. The predicted octanol–water partition coefficient (Wildman–Crippen LogP) is 2.04. The van der Waals surface area contributed by atoms with Crippen molar-refractivity contribution in [2.45, 2.75) is 26.4 Å². The number of nitrogens with zero attached hydrogens (tertiary/aromatic N) is 3. The Hall–Kier alpha value is -1.81. The van der Waals surface area contributed by atoms with E-state index >= 15 is 0 Å². The summed E-state index contributed by atoms with van der Waals surface area (Å²) in [5.74, 6) is 0.813. The molecule has 2 aromatic rings. The third-order valence-corrected chi connectivity index (χ3v) is 2.35. The van der Waals surface area contributed by atoms with Crippen LogP contribution in [0.4, 0.5) is 0 Å². The second-order valence-corrected chi connectivity index (χ2v) is 4.13. The first-order valence-electron chi connectivity index (χ1n) is 5.71. The van der Waals surface area contributed by atoms with E-state index in [0.29, 0.717) is 12.6 Å². The van der Waals surface area contributed by atoms with Crippen molar-refractivity contribution in [3.05, 3.63) is 42.6 Å². The average molecular weight is 228 g/mol. The number of pyridine rings is 1. The lowest BCUT2D eigenvalue weighted by Crippen LogP contribution is -2.23. The molecule has 0 aliphatic heterocycles. The highest BCUT2D eigenvalue weighted by molar-refractivity contribution is 5.57. The number of rotatable bonds is 4. The van der Waals surface area contributed by atoms with Crippen LogP contribution in [0, 0.1) is 0 Å². The van der Waals surface area contributed by atoms with Crippen molar-refractivity contribution < 1.29 is 0 Å². The lowest BCUT2D eigenvalue weighted by Gasteiger charge is -2.07. The minimum atomic E-state index is 0.434. The van der Waals surface area contributed by atoms with Gasteiger partial charge in [0.25, 0.3) is 0 Å². The largest absolute Gasteiger partial charge is 0.308 e. The molecule has 1 N–H and O–H groups in total. The SMILES string of the molecule is CC(C)NCc1nccc(-c2ccncc2)n1. The van der Waals surface area contributed by atoms with Crippen molar-refractivity contribution in [3.8, 4) is 11.3 Å². The summed E-state index contributed by atoms with van der Waals surface area (Å²) >= 11 is 0. The van der Waals surface area contributed by atoms with E-state index in [0.717, 1.165) is 17.1 Å². The average Bonchev–Trinajstić information content (AvgIpc) is 2.38. The smallest absolute Gasteiger partial charge is 0.142 e. The zero-order valence-corrected chi connectivity index (χ0v) is 10.1. The zero-order valence-electron chi connectivity index (χ0n) is 10.1. The highest BCUT2D eigenvalue weighted by Gasteiger charge is 2.02. The molecule has 88 valence electrons. The maximum absolute atomic E-state index is 4.51. The molecule has 0 unspecified atom stereocenters. The lowest BCUT2D eigenvalue weighted by molar-refractivity contribution is 0.572. The van der Waals surface area contributed by atoms with E-state index in [1.54, 1.807) is 18.6 Å². The molecule has 4 heteroatoms. The van der Waals surface area contributed by atoms with Gasteiger partial charge in [-0.2, -0.15) is 0 Å². The first-order valence-corrected chi connectivity index (χ1v) is 5.71. The van der Waals surface area contributed by atoms with Crippen molar-refractivity contribution in [3.63, 3.8) is 0 Å². The standard InChI is InChI=1S/C13H16N4/c1-10(2)16-9-13-15-8-5-12(17-13)11-3-6-14-7-4-11/h3-8,10,16H,9H2,1-2H3. The van der Waals surface area contributed by atoms with E-state index < -0.39 is 0 Å². The summed E-state index contributed by atoms with van der Waals surface area (Å²) < 4.78 is 0. The van der Waals surface area contributed by atoms with Crippen molar-refractivity contribution in [2.75, 3.05) is 0 Å². The Morgan fingerprint density at radius 2 is 1.88 bits per heavy atom. The van der Waals surface area contributed by atoms with Gasteiger partial charge in [-0.15, -0.1) is 0 Å². The topological polar surface area (TPSA) is 50.7 Å². The van der Waals surface area contributed by atoms with Crippen LogP contribution in [0.1, 0.15) is 19.7 Å². The van der Waals surface area contributed by atoms with E-state index in [1.165, 1.54) is 0 Å². The molecular weight excluding hydrogens is 212 g/mol. The first-order chi connectivity index (χ1) is 8.25. The Bertz CT molecular complexity index is 468. The molecule has 0 bridgehead atoms. The quantitative estimate of drug-likeness (QED) is 0.870. The monoisotopic (exact) mass is 228 g/mol. The zero-order chi connectivity index (χ0) is 12.1. The van der Waals surface area contributed by atoms with Gasteiger partial charge < -0.3 is 5.32 Å². The maximum atomic E-state index is 4.51. The van der Waals surface area contributed by atoms with Crippen molar-refractivity contribution >= 4 is 0 Å². The number of nitrogens with one attached hydrogen (secondary N) is 1. The molecule has 0 fully saturated rings. The van der Waals surface area contributed by atoms with Crippen molar-refractivity contribution in [1.82, 2.24) is 20.3 Å². The second-order valence-electron chi connectivity index (χ2n) is 4.13. The number of hydrogen-bond acceptors (Lipinski definition) is 4. The molecule has 0 radical (unpaired) electrons. The Balaban J connectivity index is 2.17. The van der Waals surface area contributed by atoms with Crippen LogP contribution in [0.15, 0.2) is 36.8 Å². The van der Waals surface area contributed by atoms with Gasteiger partial charge in [-0.25, -0.2) is 9.97 Å². The maximum Gasteiger partial charge on any atom is 0.142 e. The molecule has 0 spiro atoms. The fourth-order valence-electron chi connectivity index (χ4n) is 1.46. The van der Waals surface area contributed by atoms with E-state index in [9.17, 15) is 0 Å². The van der Waals surface area contributed by atoms with Crippen LogP contribution < -0.4 is 5.32 Å². The Kier molecular flexibility index (Phi) is 3.77. The molecule has 2 aromatic heterocycles. The molecular formula is C13H16N4. The molecule has 0 atom stereocenters. The van der Waals surface area contributed by atoms with Gasteiger partial charge in [0.05, 0.1) is 12.2 Å². The number of aromatic nitrogens is 3. The van der Waals surface area contributed by atoms with Gasteiger partial charge >= 0.3 is 0 Å². The second kappa shape index (κ2) is 5.50. The van der Waals surface area contributed by atoms with Crippen LogP contribution >= 0.6 is 0 Å². The Morgan fingerprint density at radius 1 is 1.12 bits per heavy atom. The van der Waals surface area contributed by atoms with Gasteiger partial charge in [-0.05, 0) is 18.2 Å². The predicted molar refractivity (Wildman–Crippen MR) is 67.2 cm³/mol. The third-order valence-electron chi connectivity index (χ3n) is 2.35. The van der Waals surface area contributed by atoms with Crippen LogP contribution in [-0.4, -0.2) is 21.0 Å². The highest BCUT2D eigenvalue weighted by atomic mass is 15.0. The third kappa shape index (κ3) is 3.32. The van der Waals surface area contributed by atoms with Gasteiger partial charge in [0.1, 0.15) is 5.82 Å². The van der Waals surface area contributed by atoms with Crippen LogP contribution in [0.5, 0.6) is 0 Å². The van der Waals surface area contributed by atoms with E-state index in [-0.39, 0.29) is 0 Å². The van der Waals surface area contributed by atoms with E-state index in [4.69, 9.17) is 0 Å². The van der Waals surface area contributed by atoms with Crippen LogP contribution in [0.3, 0.4) is 0 Å². The normalized spacial score (nSPS) is 10.8. The molecule has 2 rings (SSSR count). The summed E-state index contributed by atoms with van der Waals surface area (Å²) in [6.07, 6.45) is 5.33. The van der Waals surface area contributed by atoms with Gasteiger partial charge in [0.2, 0.25) is 0 Å². The molecule has 0 saturated heterocycles. The van der Waals surface area contributed by atoms with Crippen LogP contribution in [-0.2, 0) is 6.54 Å². The van der Waals surface area contributed by atoms with E-state index in [2.05, 4.69) is 34.1 Å². The Labute approximate surface area is 101 Å². The van der Waals surface area contributed by atoms with Gasteiger partial charge in [-0.3, -0.25) is 4.98 Å². The molecule has 4 nitrogen and oxygen atoms in total. The summed E-state index contributed by atoms with van der Waals surface area (Å²) in [4.78, 5) is 12.8. The van der Waals surface area contributed by atoms with Gasteiger partial charge in [0, 0.05) is 30.2 Å². The molecule has 0 aromatic carbocycles. The lowest BCUT2D eigenvalue weighted by atomic mass is 10.2. The van der Waals surface area contributed by atoms with Gasteiger partial charge in [0.15, 0.2) is 0 Å². The molecule has 17 heavy (non-hydrogen) atoms. The number of hydrogen-bond donors (Lipinski definition) is 1. The molecule has 0 aliphatic carbocycles. The molecule has 0 aliphatic rings. The molecule has 0 saturated carbocycles.